The van der Waals surface area contributed by atoms with E-state index in [2.05, 4.69) is 117 Å². The van der Waals surface area contributed by atoms with E-state index >= 15 is 0 Å². The zero-order valence-corrected chi connectivity index (χ0v) is 29.4. The summed E-state index contributed by atoms with van der Waals surface area (Å²) in [5, 5.41) is 0. The van der Waals surface area contributed by atoms with E-state index < -0.39 is 5.82 Å². The van der Waals surface area contributed by atoms with Crippen LogP contribution in [-0.4, -0.2) is 0 Å². The SMILES string of the molecule is CCCCCCCC[n+]1ccc(C#Cc2cc(F)cc(C#Cc3cc[n+](CCCCCCCC)cc3I)c2N)c(I)c1. The average Bonchev–Trinajstić information content (AvgIpc) is 2.97. The zero-order chi connectivity index (χ0) is 30.2. The molecule has 0 aliphatic heterocycles. The summed E-state index contributed by atoms with van der Waals surface area (Å²) in [7, 11) is 0. The number of benzene rings is 1. The quantitative estimate of drug-likeness (QED) is 0.0573. The molecule has 3 rings (SSSR count). The molecule has 0 bridgehead atoms. The van der Waals surface area contributed by atoms with Crippen LogP contribution in [-0.2, 0) is 13.1 Å². The van der Waals surface area contributed by atoms with Crippen molar-refractivity contribution in [3.05, 3.63) is 84.3 Å². The topological polar surface area (TPSA) is 33.8 Å². The minimum atomic E-state index is -0.392. The van der Waals surface area contributed by atoms with Crippen LogP contribution >= 0.6 is 45.2 Å². The van der Waals surface area contributed by atoms with Gasteiger partial charge in [-0.15, -0.1) is 0 Å². The summed E-state index contributed by atoms with van der Waals surface area (Å²) >= 11 is 4.63. The lowest BCUT2D eigenvalue weighted by Crippen LogP contribution is -2.33. The summed E-state index contributed by atoms with van der Waals surface area (Å²) in [6.07, 6.45) is 23.8. The molecule has 2 heterocycles. The maximum atomic E-state index is 14.6. The van der Waals surface area contributed by atoms with Gasteiger partial charge in [-0.3, -0.25) is 0 Å². The Labute approximate surface area is 280 Å². The molecule has 222 valence electrons. The number of rotatable bonds is 14. The Kier molecular flexibility index (Phi) is 15.7. The second-order valence-electron chi connectivity index (χ2n) is 10.8. The highest BCUT2D eigenvalue weighted by atomic mass is 127. The first-order valence-electron chi connectivity index (χ1n) is 15.4. The molecule has 0 saturated heterocycles. The number of pyridine rings is 2. The van der Waals surface area contributed by atoms with E-state index in [-0.39, 0.29) is 0 Å². The second kappa shape index (κ2) is 19.2. The summed E-state index contributed by atoms with van der Waals surface area (Å²) in [4.78, 5) is 0. The molecular weight excluding hydrogens is 747 g/mol. The van der Waals surface area contributed by atoms with Crippen LogP contribution in [0.1, 0.15) is 113 Å². The zero-order valence-electron chi connectivity index (χ0n) is 25.1. The van der Waals surface area contributed by atoms with Crippen molar-refractivity contribution < 1.29 is 13.5 Å². The van der Waals surface area contributed by atoms with Crippen LogP contribution in [0.3, 0.4) is 0 Å². The molecule has 0 aliphatic carbocycles. The van der Waals surface area contributed by atoms with Gasteiger partial charge in [-0.1, -0.05) is 88.9 Å². The van der Waals surface area contributed by atoms with Crippen molar-refractivity contribution in [2.24, 2.45) is 0 Å². The number of nitrogens with two attached hydrogens (primary N) is 1. The summed E-state index contributed by atoms with van der Waals surface area (Å²) < 4.78 is 21.1. The van der Waals surface area contributed by atoms with E-state index in [1.54, 1.807) is 0 Å². The molecule has 0 radical (unpaired) electrons. The van der Waals surface area contributed by atoms with E-state index in [0.717, 1.165) is 31.4 Å². The van der Waals surface area contributed by atoms with Gasteiger partial charge < -0.3 is 5.73 Å². The van der Waals surface area contributed by atoms with Gasteiger partial charge in [0.25, 0.3) is 0 Å². The van der Waals surface area contributed by atoms with Gasteiger partial charge in [0.2, 0.25) is 0 Å². The van der Waals surface area contributed by atoms with Crippen molar-refractivity contribution in [3.63, 3.8) is 0 Å². The summed E-state index contributed by atoms with van der Waals surface area (Å²) in [6, 6.07) is 6.83. The lowest BCUT2D eigenvalue weighted by atomic mass is 10.1. The fourth-order valence-corrected chi connectivity index (χ4v) is 6.09. The monoisotopic (exact) mass is 791 g/mol. The highest BCUT2D eigenvalue weighted by Gasteiger charge is 2.09. The molecule has 0 amide bonds. The van der Waals surface area contributed by atoms with Crippen LogP contribution < -0.4 is 14.9 Å². The normalized spacial score (nSPS) is 10.6. The maximum Gasteiger partial charge on any atom is 0.183 e. The van der Waals surface area contributed by atoms with Gasteiger partial charge in [-0.2, -0.15) is 0 Å². The Hall–Kier alpha value is -2.17. The lowest BCUT2D eigenvalue weighted by Gasteiger charge is -2.03. The van der Waals surface area contributed by atoms with E-state index in [0.29, 0.717) is 16.8 Å². The predicted octanol–water partition coefficient (Wildman–Crippen LogP) is 8.71. The van der Waals surface area contributed by atoms with Gasteiger partial charge in [-0.05, 0) is 70.2 Å². The number of aryl methyl sites for hydroxylation is 2. The molecule has 2 aromatic heterocycles. The van der Waals surface area contributed by atoms with E-state index in [4.69, 9.17) is 5.73 Å². The van der Waals surface area contributed by atoms with E-state index in [1.165, 1.54) is 89.2 Å². The molecular formula is C36H44FI2N3+2. The van der Waals surface area contributed by atoms with Crippen molar-refractivity contribution in [2.75, 3.05) is 5.73 Å². The average molecular weight is 792 g/mol. The highest BCUT2D eigenvalue weighted by Crippen LogP contribution is 2.20. The summed E-state index contributed by atoms with van der Waals surface area (Å²) in [5.41, 5.74) is 9.54. The predicted molar refractivity (Wildman–Crippen MR) is 188 cm³/mol. The molecule has 0 spiro atoms. The minimum Gasteiger partial charge on any atom is -0.397 e. The van der Waals surface area contributed by atoms with Crippen LogP contribution in [0, 0.1) is 36.6 Å². The van der Waals surface area contributed by atoms with Gasteiger partial charge in [0.1, 0.15) is 18.9 Å². The molecule has 3 nitrogen and oxygen atoms in total. The third kappa shape index (κ3) is 11.8. The molecule has 0 saturated carbocycles. The maximum absolute atomic E-state index is 14.6. The minimum absolute atomic E-state index is 0.392. The van der Waals surface area contributed by atoms with Crippen molar-refractivity contribution in [1.29, 1.82) is 0 Å². The van der Waals surface area contributed by atoms with Crippen molar-refractivity contribution in [2.45, 2.75) is 104 Å². The van der Waals surface area contributed by atoms with Gasteiger partial charge in [0.05, 0.1) is 35.1 Å². The van der Waals surface area contributed by atoms with Crippen molar-refractivity contribution in [3.8, 4) is 23.7 Å². The number of nitrogens with zero attached hydrogens (tertiary/aromatic N) is 2. The van der Waals surface area contributed by atoms with E-state index in [9.17, 15) is 4.39 Å². The number of aromatic nitrogens is 2. The Balaban J connectivity index is 1.66. The Morgan fingerprint density at radius 2 is 1.00 bits per heavy atom. The first-order chi connectivity index (χ1) is 20.4. The summed E-state index contributed by atoms with van der Waals surface area (Å²) in [5.74, 6) is 12.2. The first kappa shape index (κ1) is 34.3. The van der Waals surface area contributed by atoms with Crippen LogP contribution in [0.5, 0.6) is 0 Å². The number of hydrogen-bond donors (Lipinski definition) is 1. The van der Waals surface area contributed by atoms with Crippen molar-refractivity contribution in [1.82, 2.24) is 0 Å². The van der Waals surface area contributed by atoms with E-state index in [1.807, 2.05) is 12.1 Å². The Bertz CT molecular complexity index is 1320. The standard InChI is InChI=1S/C36H43FI2N3/c1-3-5-7-9-11-13-21-41-23-19-29(34(38)27-41)15-17-31-25-33(37)26-32(36(31)40)18-16-30-20-24-42(28-35(30)39)22-14-12-10-8-6-4-2/h19-20,23-28,40H,3-14,21-22H2,1-2H3/q+1/p+1. The summed E-state index contributed by atoms with van der Waals surface area (Å²) in [6.45, 7) is 6.51. The van der Waals surface area contributed by atoms with Gasteiger partial charge >= 0.3 is 0 Å². The number of hydrogen-bond acceptors (Lipinski definition) is 1. The second-order valence-corrected chi connectivity index (χ2v) is 13.2. The molecule has 3 aromatic rings. The first-order valence-corrected chi connectivity index (χ1v) is 17.6. The lowest BCUT2D eigenvalue weighted by molar-refractivity contribution is -0.698. The van der Waals surface area contributed by atoms with Crippen LogP contribution in [0.15, 0.2) is 49.1 Å². The smallest absolute Gasteiger partial charge is 0.183 e. The Morgan fingerprint density at radius 1 is 0.619 bits per heavy atom. The fourth-order valence-electron chi connectivity index (χ4n) is 4.74. The number of anilines is 1. The van der Waals surface area contributed by atoms with Gasteiger partial charge in [0, 0.05) is 25.0 Å². The number of unbranched alkanes of at least 4 members (excludes halogenated alkanes) is 10. The molecule has 0 unspecified atom stereocenters. The molecule has 0 atom stereocenters. The van der Waals surface area contributed by atoms with Crippen LogP contribution in [0.4, 0.5) is 10.1 Å². The van der Waals surface area contributed by atoms with Gasteiger partial charge in [-0.25, -0.2) is 13.5 Å². The number of nitrogen functional groups attached to an aromatic ring is 1. The molecule has 0 aliphatic rings. The Morgan fingerprint density at radius 3 is 1.40 bits per heavy atom. The fraction of sp³-hybridized carbons (Fsp3) is 0.444. The molecule has 0 fully saturated rings. The van der Waals surface area contributed by atoms with Gasteiger partial charge in [0.15, 0.2) is 24.8 Å². The molecule has 42 heavy (non-hydrogen) atoms. The highest BCUT2D eigenvalue weighted by molar-refractivity contribution is 14.1. The number of halogens is 3. The van der Waals surface area contributed by atoms with Crippen LogP contribution in [0.2, 0.25) is 0 Å². The third-order valence-electron chi connectivity index (χ3n) is 7.29. The largest absolute Gasteiger partial charge is 0.397 e. The molecule has 2 N–H and O–H groups in total. The molecule has 1 aromatic carbocycles. The molecule has 6 heteroatoms. The van der Waals surface area contributed by atoms with Crippen molar-refractivity contribution >= 4 is 50.9 Å². The third-order valence-corrected chi connectivity index (χ3v) is 9.01. The van der Waals surface area contributed by atoms with Crippen LogP contribution in [0.25, 0.3) is 0 Å².